The summed E-state index contributed by atoms with van der Waals surface area (Å²) in [6.07, 6.45) is 0. The lowest BCUT2D eigenvalue weighted by molar-refractivity contribution is 1.20. The van der Waals surface area contributed by atoms with Gasteiger partial charge in [0.05, 0.1) is 17.6 Å². The van der Waals surface area contributed by atoms with Crippen molar-refractivity contribution in [2.45, 2.75) is 0 Å². The third kappa shape index (κ3) is 2.22. The minimum atomic E-state index is 0.483. The Balaban J connectivity index is 2.27. The second-order valence-corrected chi connectivity index (χ2v) is 3.77. The van der Waals surface area contributed by atoms with E-state index < -0.39 is 0 Å². The number of rotatable bonds is 3. The van der Waals surface area contributed by atoms with Crippen LogP contribution in [0, 0.1) is 0 Å². The molecule has 0 bridgehead atoms. The van der Waals surface area contributed by atoms with Crippen LogP contribution in [0.1, 0.15) is 0 Å². The first-order valence-electron chi connectivity index (χ1n) is 4.47. The molecule has 0 radical (unpaired) electrons. The number of nitrogens with zero attached hydrogens (tertiary/aromatic N) is 1. The number of nitrogens with one attached hydrogen (secondary N) is 2. The van der Waals surface area contributed by atoms with E-state index in [4.69, 9.17) is 17.3 Å². The number of nitrogen functional groups attached to an aromatic ring is 1. The van der Waals surface area contributed by atoms with Crippen molar-refractivity contribution in [1.29, 1.82) is 0 Å². The highest BCUT2D eigenvalue weighted by Gasteiger charge is 2.01. The van der Waals surface area contributed by atoms with E-state index in [0.29, 0.717) is 23.2 Å². The highest BCUT2D eigenvalue weighted by molar-refractivity contribution is 6.29. The molecule has 0 amide bonds. The first-order valence-corrected chi connectivity index (χ1v) is 4.85. The summed E-state index contributed by atoms with van der Waals surface area (Å²) in [6, 6.07) is 5.51. The molecule has 0 atom stereocenters. The first kappa shape index (κ1) is 9.86. The summed E-state index contributed by atoms with van der Waals surface area (Å²) in [4.78, 5) is 7.39. The Morgan fingerprint density at radius 1 is 1.60 bits per heavy atom. The van der Waals surface area contributed by atoms with Crippen LogP contribution < -0.4 is 11.1 Å². The Bertz CT molecular complexity index is 503. The number of fused-ring (bicyclic) bond motifs is 1. The normalized spacial score (nSPS) is 10.5. The fraction of sp³-hybridized carbons (Fsp3) is 0.100. The molecule has 15 heavy (non-hydrogen) atoms. The van der Waals surface area contributed by atoms with Crippen LogP contribution in [0.25, 0.3) is 11.0 Å². The van der Waals surface area contributed by atoms with Gasteiger partial charge in [0.1, 0.15) is 0 Å². The van der Waals surface area contributed by atoms with Gasteiger partial charge in [-0.05, 0) is 18.2 Å². The third-order valence-corrected chi connectivity index (χ3v) is 2.09. The largest absolute Gasteiger partial charge is 0.399 e. The molecule has 2 rings (SSSR count). The van der Waals surface area contributed by atoms with Crippen LogP contribution in [-0.4, -0.2) is 16.5 Å². The number of aromatic amines is 1. The molecule has 0 spiro atoms. The topological polar surface area (TPSA) is 66.7 Å². The smallest absolute Gasteiger partial charge is 0.201 e. The fourth-order valence-corrected chi connectivity index (χ4v) is 1.36. The van der Waals surface area contributed by atoms with Crippen molar-refractivity contribution < 1.29 is 0 Å². The molecule has 1 aromatic heterocycles. The number of nitrogens with two attached hydrogens (primary N) is 1. The average molecular weight is 223 g/mol. The zero-order valence-corrected chi connectivity index (χ0v) is 8.80. The Kier molecular flexibility index (Phi) is 2.51. The molecule has 1 aromatic carbocycles. The molecular weight excluding hydrogens is 212 g/mol. The van der Waals surface area contributed by atoms with Crippen LogP contribution in [0.4, 0.5) is 11.6 Å². The van der Waals surface area contributed by atoms with Gasteiger partial charge in [-0.1, -0.05) is 18.2 Å². The standard InChI is InChI=1S/C10H11ClN4/c1-6(11)5-13-10-14-8-3-2-7(12)4-9(8)15-10/h2-4H,1,5,12H2,(H2,13,14,15). The van der Waals surface area contributed by atoms with E-state index in [2.05, 4.69) is 21.9 Å². The molecule has 0 aliphatic carbocycles. The van der Waals surface area contributed by atoms with Crippen LogP contribution in [-0.2, 0) is 0 Å². The summed E-state index contributed by atoms with van der Waals surface area (Å²) in [5.74, 6) is 0.664. The third-order valence-electron chi connectivity index (χ3n) is 1.95. The van der Waals surface area contributed by atoms with Crippen LogP contribution in [0.5, 0.6) is 0 Å². The zero-order chi connectivity index (χ0) is 10.8. The van der Waals surface area contributed by atoms with Crippen LogP contribution in [0.15, 0.2) is 29.8 Å². The molecule has 78 valence electrons. The maximum atomic E-state index is 5.65. The van der Waals surface area contributed by atoms with Crippen molar-refractivity contribution in [3.63, 3.8) is 0 Å². The lowest BCUT2D eigenvalue weighted by Gasteiger charge is -1.98. The van der Waals surface area contributed by atoms with Gasteiger partial charge in [-0.25, -0.2) is 4.98 Å². The van der Waals surface area contributed by atoms with Gasteiger partial charge in [-0.3, -0.25) is 0 Å². The lowest BCUT2D eigenvalue weighted by atomic mass is 10.3. The van der Waals surface area contributed by atoms with Gasteiger partial charge >= 0.3 is 0 Å². The van der Waals surface area contributed by atoms with Crippen LogP contribution >= 0.6 is 11.6 Å². The predicted octanol–water partition coefficient (Wildman–Crippen LogP) is 2.31. The summed E-state index contributed by atoms with van der Waals surface area (Å²) >= 11 is 5.63. The number of hydrogen-bond acceptors (Lipinski definition) is 3. The van der Waals surface area contributed by atoms with E-state index in [0.717, 1.165) is 11.0 Å². The molecule has 0 aliphatic heterocycles. The molecule has 0 aliphatic rings. The van der Waals surface area contributed by atoms with Gasteiger partial charge in [0, 0.05) is 10.7 Å². The van der Waals surface area contributed by atoms with E-state index in [9.17, 15) is 0 Å². The molecule has 0 saturated heterocycles. The summed E-state index contributed by atoms with van der Waals surface area (Å²) in [6.45, 7) is 4.06. The number of benzene rings is 1. The molecule has 1 heterocycles. The molecular formula is C10H11ClN4. The van der Waals surface area contributed by atoms with Crippen molar-refractivity contribution in [1.82, 2.24) is 9.97 Å². The van der Waals surface area contributed by atoms with Gasteiger partial charge in [-0.2, -0.15) is 0 Å². The number of halogens is 1. The molecule has 5 heteroatoms. The van der Waals surface area contributed by atoms with E-state index >= 15 is 0 Å². The number of imidazole rings is 1. The highest BCUT2D eigenvalue weighted by Crippen LogP contribution is 2.17. The van der Waals surface area contributed by atoms with E-state index in [1.54, 1.807) is 0 Å². The Labute approximate surface area is 92.1 Å². The number of anilines is 2. The monoisotopic (exact) mass is 222 g/mol. The molecule has 0 fully saturated rings. The zero-order valence-electron chi connectivity index (χ0n) is 8.05. The quantitative estimate of drug-likeness (QED) is 0.699. The van der Waals surface area contributed by atoms with Gasteiger partial charge in [0.15, 0.2) is 0 Å². The number of H-pyrrole nitrogens is 1. The second-order valence-electron chi connectivity index (χ2n) is 3.23. The van der Waals surface area contributed by atoms with Crippen molar-refractivity contribution in [2.75, 3.05) is 17.6 Å². The van der Waals surface area contributed by atoms with Gasteiger partial charge in [0.2, 0.25) is 5.95 Å². The Morgan fingerprint density at radius 2 is 2.40 bits per heavy atom. The average Bonchev–Trinajstić information content (AvgIpc) is 2.56. The molecule has 0 saturated carbocycles. The molecule has 2 aromatic rings. The van der Waals surface area contributed by atoms with Crippen molar-refractivity contribution in [3.8, 4) is 0 Å². The maximum absolute atomic E-state index is 5.65. The molecule has 4 nitrogen and oxygen atoms in total. The van der Waals surface area contributed by atoms with Crippen molar-refractivity contribution in [3.05, 3.63) is 29.8 Å². The fourth-order valence-electron chi connectivity index (χ4n) is 1.29. The Hall–Kier alpha value is -1.68. The summed E-state index contributed by atoms with van der Waals surface area (Å²) in [7, 11) is 0. The Morgan fingerprint density at radius 3 is 3.13 bits per heavy atom. The van der Waals surface area contributed by atoms with Crippen molar-refractivity contribution >= 4 is 34.3 Å². The molecule has 0 unspecified atom stereocenters. The van der Waals surface area contributed by atoms with E-state index in [1.165, 1.54) is 0 Å². The van der Waals surface area contributed by atoms with E-state index in [1.807, 2.05) is 18.2 Å². The summed E-state index contributed by atoms with van der Waals surface area (Å²) < 4.78 is 0. The minimum Gasteiger partial charge on any atom is -0.399 e. The number of hydrogen-bond donors (Lipinski definition) is 3. The van der Waals surface area contributed by atoms with E-state index in [-0.39, 0.29) is 0 Å². The van der Waals surface area contributed by atoms with Gasteiger partial charge < -0.3 is 16.0 Å². The first-order chi connectivity index (χ1) is 7.15. The minimum absolute atomic E-state index is 0.483. The molecule has 4 N–H and O–H groups in total. The SMILES string of the molecule is C=C(Cl)CNc1nc2ccc(N)cc2[nH]1. The highest BCUT2D eigenvalue weighted by atomic mass is 35.5. The van der Waals surface area contributed by atoms with Crippen LogP contribution in [0.3, 0.4) is 0 Å². The lowest BCUT2D eigenvalue weighted by Crippen LogP contribution is -2.01. The second kappa shape index (κ2) is 3.82. The maximum Gasteiger partial charge on any atom is 0.201 e. The van der Waals surface area contributed by atoms with Crippen molar-refractivity contribution in [2.24, 2.45) is 0 Å². The number of aromatic nitrogens is 2. The summed E-state index contributed by atoms with van der Waals surface area (Å²) in [5, 5.41) is 3.55. The predicted molar refractivity (Wildman–Crippen MR) is 64.0 cm³/mol. The summed E-state index contributed by atoms with van der Waals surface area (Å²) in [5.41, 5.74) is 8.13. The van der Waals surface area contributed by atoms with Gasteiger partial charge in [-0.15, -0.1) is 0 Å². The van der Waals surface area contributed by atoms with Gasteiger partial charge in [0.25, 0.3) is 0 Å². The van der Waals surface area contributed by atoms with Crippen LogP contribution in [0.2, 0.25) is 0 Å².